The number of nitrogens with zero attached hydrogens (tertiary/aromatic N) is 4. The molecule has 0 fully saturated rings. The lowest BCUT2D eigenvalue weighted by Crippen LogP contribution is -2.29. The Labute approximate surface area is 117 Å². The fourth-order valence-corrected chi connectivity index (χ4v) is 1.80. The topological polar surface area (TPSA) is 34.6 Å². The van der Waals surface area contributed by atoms with Gasteiger partial charge in [0.15, 0.2) is 6.33 Å². The molecule has 2 aromatic heterocycles. The van der Waals surface area contributed by atoms with Gasteiger partial charge in [0.25, 0.3) is 5.65 Å². The highest BCUT2D eigenvalue weighted by Gasteiger charge is 2.20. The summed E-state index contributed by atoms with van der Waals surface area (Å²) >= 11 is 0. The Hall–Kier alpha value is -2.45. The average molecular weight is 298 g/mol. The van der Waals surface area contributed by atoms with Gasteiger partial charge in [0.1, 0.15) is 11.9 Å². The average Bonchev–Trinajstić information content (AvgIpc) is 2.76. The minimum Gasteiger partial charge on any atom is -0.418 e. The number of benzene rings is 1. The molecule has 2 heterocycles. The molecule has 0 aliphatic carbocycles. The molecule has 0 saturated heterocycles. The van der Waals surface area contributed by atoms with E-state index in [-0.39, 0.29) is 0 Å². The number of aryl methyl sites for hydroxylation is 1. The smallest absolute Gasteiger partial charge is 0.418 e. The maximum absolute atomic E-state index is 9.75. The summed E-state index contributed by atoms with van der Waals surface area (Å²) < 4.78 is 43.0. The molecule has 0 aliphatic rings. The van der Waals surface area contributed by atoms with Crippen LogP contribution < -0.4 is 4.57 Å². The van der Waals surface area contributed by atoms with Gasteiger partial charge in [-0.15, -0.1) is 4.98 Å². The van der Waals surface area contributed by atoms with Crippen molar-refractivity contribution >= 4 is 18.5 Å². The van der Waals surface area contributed by atoms with E-state index in [0.29, 0.717) is 0 Å². The van der Waals surface area contributed by atoms with Gasteiger partial charge in [0, 0.05) is 0 Å². The highest BCUT2D eigenvalue weighted by Crippen LogP contribution is 2.07. The van der Waals surface area contributed by atoms with E-state index in [4.69, 9.17) is 0 Å². The number of para-hydroxylation sites is 1. The summed E-state index contributed by atoms with van der Waals surface area (Å²) in [7, 11) is -4.03. The van der Waals surface area contributed by atoms with Gasteiger partial charge in [-0.05, 0) is 12.1 Å². The van der Waals surface area contributed by atoms with Crippen molar-refractivity contribution in [3.05, 3.63) is 49.1 Å². The molecule has 0 radical (unpaired) electrons. The van der Waals surface area contributed by atoms with Crippen molar-refractivity contribution in [2.45, 2.75) is 0 Å². The molecule has 1 aromatic carbocycles. The summed E-state index contributed by atoms with van der Waals surface area (Å²) in [6.45, 7) is 0. The van der Waals surface area contributed by atoms with Gasteiger partial charge >= 0.3 is 12.9 Å². The van der Waals surface area contributed by atoms with Crippen LogP contribution in [-0.2, 0) is 7.05 Å². The van der Waals surface area contributed by atoms with Crippen molar-refractivity contribution in [2.24, 2.45) is 7.05 Å². The van der Waals surface area contributed by atoms with Crippen molar-refractivity contribution in [3.8, 4) is 5.69 Å². The normalized spacial score (nSPS) is 11.1. The molecule has 21 heavy (non-hydrogen) atoms. The fraction of sp³-hybridized carbons (Fsp3) is 0.0833. The third-order valence-electron chi connectivity index (χ3n) is 2.55. The first-order valence-corrected chi connectivity index (χ1v) is 5.96. The van der Waals surface area contributed by atoms with Gasteiger partial charge in [0.05, 0.1) is 13.2 Å². The molecule has 0 N–H and O–H groups in total. The van der Waals surface area contributed by atoms with Crippen molar-refractivity contribution in [1.82, 2.24) is 14.5 Å². The molecule has 0 saturated carbocycles. The second kappa shape index (κ2) is 5.90. The van der Waals surface area contributed by atoms with Crippen LogP contribution in [0.1, 0.15) is 0 Å². The second-order valence-corrected chi connectivity index (χ2v) is 4.13. The molecule has 3 rings (SSSR count). The van der Waals surface area contributed by atoms with Crippen LogP contribution in [-0.4, -0.2) is 21.8 Å². The SMILES string of the molecule is Cn1c[n+](-c2ccccc2)c2nccnc21.F[B-](F)(F)F. The van der Waals surface area contributed by atoms with Crippen LogP contribution in [0.4, 0.5) is 17.3 Å². The van der Waals surface area contributed by atoms with Crippen LogP contribution >= 0.6 is 0 Å². The zero-order valence-electron chi connectivity index (χ0n) is 11.0. The van der Waals surface area contributed by atoms with Crippen molar-refractivity contribution in [3.63, 3.8) is 0 Å². The van der Waals surface area contributed by atoms with Gasteiger partial charge in [-0.1, -0.05) is 18.2 Å². The van der Waals surface area contributed by atoms with E-state index in [1.165, 1.54) is 0 Å². The van der Waals surface area contributed by atoms with Gasteiger partial charge in [-0.3, -0.25) is 0 Å². The third kappa shape index (κ3) is 4.01. The van der Waals surface area contributed by atoms with E-state index in [1.54, 1.807) is 12.4 Å². The minimum atomic E-state index is -6.00. The lowest BCUT2D eigenvalue weighted by atomic mass is 10.3. The molecule has 0 atom stereocenters. The molecule has 3 aromatic rings. The van der Waals surface area contributed by atoms with Crippen LogP contribution in [0.25, 0.3) is 17.0 Å². The molecule has 0 bridgehead atoms. The standard InChI is InChI=1S/C12H11N4.BF4/c1-15-9-16(10-5-3-2-4-6-10)12-11(15)13-7-8-14-12;2-1(3,4)5/h2-9H,1H3;/q+1;-1. The first-order valence-electron chi connectivity index (χ1n) is 5.96. The van der Waals surface area contributed by atoms with E-state index in [1.807, 2.05) is 52.8 Å². The Kier molecular flexibility index (Phi) is 4.20. The van der Waals surface area contributed by atoms with E-state index in [0.717, 1.165) is 17.0 Å². The van der Waals surface area contributed by atoms with E-state index >= 15 is 0 Å². The van der Waals surface area contributed by atoms with Crippen molar-refractivity contribution in [2.75, 3.05) is 0 Å². The molecular formula is C12H11BF4N4. The van der Waals surface area contributed by atoms with Gasteiger partial charge in [0.2, 0.25) is 0 Å². The molecule has 0 unspecified atom stereocenters. The largest absolute Gasteiger partial charge is 0.673 e. The van der Waals surface area contributed by atoms with Crippen LogP contribution in [0.15, 0.2) is 49.1 Å². The van der Waals surface area contributed by atoms with Crippen LogP contribution in [0.3, 0.4) is 0 Å². The van der Waals surface area contributed by atoms with E-state index < -0.39 is 7.25 Å². The van der Waals surface area contributed by atoms with E-state index in [2.05, 4.69) is 9.97 Å². The quantitative estimate of drug-likeness (QED) is 0.393. The fourth-order valence-electron chi connectivity index (χ4n) is 1.80. The van der Waals surface area contributed by atoms with Crippen LogP contribution in [0.2, 0.25) is 0 Å². The van der Waals surface area contributed by atoms with Gasteiger partial charge in [-0.2, -0.15) is 4.57 Å². The highest BCUT2D eigenvalue weighted by atomic mass is 19.5. The maximum Gasteiger partial charge on any atom is 0.673 e. The van der Waals surface area contributed by atoms with Gasteiger partial charge in [-0.25, -0.2) is 9.55 Å². The number of hydrogen-bond acceptors (Lipinski definition) is 2. The Balaban J connectivity index is 0.000000282. The summed E-state index contributed by atoms with van der Waals surface area (Å²) in [6, 6.07) is 10.1. The van der Waals surface area contributed by atoms with Crippen LogP contribution in [0, 0.1) is 0 Å². The third-order valence-corrected chi connectivity index (χ3v) is 2.55. The lowest BCUT2D eigenvalue weighted by molar-refractivity contribution is -0.570. The molecule has 0 spiro atoms. The molecule has 4 nitrogen and oxygen atoms in total. The summed E-state index contributed by atoms with van der Waals surface area (Å²) in [5.74, 6) is 0. The Morgan fingerprint density at radius 2 is 1.57 bits per heavy atom. The lowest BCUT2D eigenvalue weighted by Gasteiger charge is -1.94. The predicted octanol–water partition coefficient (Wildman–Crippen LogP) is 2.55. The molecule has 0 amide bonds. The van der Waals surface area contributed by atoms with E-state index in [9.17, 15) is 17.3 Å². The summed E-state index contributed by atoms with van der Waals surface area (Å²) in [5, 5.41) is 0. The number of fused-ring (bicyclic) bond motifs is 1. The first-order chi connectivity index (χ1) is 9.86. The molecule has 0 aliphatic heterocycles. The summed E-state index contributed by atoms with van der Waals surface area (Å²) in [4.78, 5) is 8.66. The zero-order chi connectivity index (χ0) is 15.5. The zero-order valence-corrected chi connectivity index (χ0v) is 11.0. The Morgan fingerprint density at radius 3 is 2.19 bits per heavy atom. The molecular weight excluding hydrogens is 287 g/mol. The monoisotopic (exact) mass is 298 g/mol. The minimum absolute atomic E-state index is 0.871. The number of hydrogen-bond donors (Lipinski definition) is 0. The summed E-state index contributed by atoms with van der Waals surface area (Å²) in [5.41, 5.74) is 2.84. The highest BCUT2D eigenvalue weighted by molar-refractivity contribution is 6.50. The number of halogens is 4. The van der Waals surface area contributed by atoms with Crippen LogP contribution in [0.5, 0.6) is 0 Å². The molecule has 9 heteroatoms. The Bertz CT molecular complexity index is 721. The number of aromatic nitrogens is 4. The number of imidazole rings is 1. The molecule has 110 valence electrons. The van der Waals surface area contributed by atoms with Crippen molar-refractivity contribution in [1.29, 1.82) is 0 Å². The maximum atomic E-state index is 9.75. The predicted molar refractivity (Wildman–Crippen MR) is 70.2 cm³/mol. The second-order valence-electron chi connectivity index (χ2n) is 4.13. The Morgan fingerprint density at radius 1 is 1.00 bits per heavy atom. The first kappa shape index (κ1) is 15.0. The summed E-state index contributed by atoms with van der Waals surface area (Å²) in [6.07, 6.45) is 5.40. The number of rotatable bonds is 1. The van der Waals surface area contributed by atoms with Gasteiger partial charge < -0.3 is 17.3 Å². The van der Waals surface area contributed by atoms with Crippen molar-refractivity contribution < 1.29 is 21.8 Å².